The zero-order valence-electron chi connectivity index (χ0n) is 16.8. The number of allylic oxidation sites excluding steroid dienone is 3. The first-order valence-electron chi connectivity index (χ1n) is 11.2. The van der Waals surface area contributed by atoms with Crippen LogP contribution in [0.15, 0.2) is 53.9 Å². The second kappa shape index (κ2) is 8.99. The highest BCUT2D eigenvalue weighted by Crippen LogP contribution is 2.52. The zero-order chi connectivity index (χ0) is 18.5. The fourth-order valence-corrected chi connectivity index (χ4v) is 5.34. The van der Waals surface area contributed by atoms with Crippen LogP contribution < -0.4 is 5.32 Å². The van der Waals surface area contributed by atoms with E-state index < -0.39 is 0 Å². The van der Waals surface area contributed by atoms with E-state index in [4.69, 9.17) is 4.74 Å². The van der Waals surface area contributed by atoms with Crippen molar-refractivity contribution in [3.8, 4) is 0 Å². The van der Waals surface area contributed by atoms with Gasteiger partial charge in [-0.1, -0.05) is 75.4 Å². The highest BCUT2D eigenvalue weighted by Gasteiger charge is 2.48. The number of hydrogen-bond donors (Lipinski definition) is 1. The van der Waals surface area contributed by atoms with Crippen molar-refractivity contribution in [3.05, 3.63) is 59.5 Å². The summed E-state index contributed by atoms with van der Waals surface area (Å²) < 4.78 is 6.71. The lowest BCUT2D eigenvalue weighted by atomic mass is 9.71. The summed E-state index contributed by atoms with van der Waals surface area (Å²) in [6.07, 6.45) is 16.7. The number of fused-ring (bicyclic) bond motifs is 3. The summed E-state index contributed by atoms with van der Waals surface area (Å²) >= 11 is 0. The summed E-state index contributed by atoms with van der Waals surface area (Å²) in [5, 5.41) is 3.70. The van der Waals surface area contributed by atoms with Gasteiger partial charge in [0.1, 0.15) is 11.9 Å². The Kier molecular flexibility index (Phi) is 6.21. The SMILES string of the molecule is CCCCCCCNC1=C2O[C@H]3C(c4ccccc4)CCCC3[C@H]2CC=C1. The largest absolute Gasteiger partial charge is 0.491 e. The molecule has 1 saturated carbocycles. The van der Waals surface area contributed by atoms with E-state index >= 15 is 0 Å². The Bertz CT molecular complexity index is 662. The number of benzene rings is 1. The molecule has 2 heteroatoms. The maximum atomic E-state index is 6.71. The van der Waals surface area contributed by atoms with Crippen LogP contribution in [0.3, 0.4) is 0 Å². The van der Waals surface area contributed by atoms with E-state index in [9.17, 15) is 0 Å². The molecule has 3 aliphatic rings. The first-order chi connectivity index (χ1) is 13.4. The molecule has 4 atom stereocenters. The standard InChI is InChI=1S/C25H35NO/c1-2-3-4-5-9-18-26-23-17-11-16-22-21-15-10-14-20(24(21)27-25(22)23)19-12-7-6-8-13-19/h6-8,11-13,17,20-22,24,26H,2-5,9-10,14-16,18H2,1H3/t20?,21?,22-,24+/m1/s1. The minimum absolute atomic E-state index is 0.363. The predicted octanol–water partition coefficient (Wildman–Crippen LogP) is 6.32. The number of nitrogens with one attached hydrogen (secondary N) is 1. The Labute approximate surface area is 165 Å². The van der Waals surface area contributed by atoms with Crippen molar-refractivity contribution >= 4 is 0 Å². The Morgan fingerprint density at radius 3 is 2.70 bits per heavy atom. The molecule has 1 heterocycles. The highest BCUT2D eigenvalue weighted by atomic mass is 16.5. The van der Waals surface area contributed by atoms with E-state index in [1.807, 2.05) is 0 Å². The molecule has 0 spiro atoms. The van der Waals surface area contributed by atoms with Gasteiger partial charge in [0.2, 0.25) is 0 Å². The molecule has 0 aromatic heterocycles. The Balaban J connectivity index is 1.44. The minimum Gasteiger partial charge on any atom is -0.491 e. The molecular formula is C25H35NO. The van der Waals surface area contributed by atoms with Gasteiger partial charge in [0, 0.05) is 24.3 Å². The maximum Gasteiger partial charge on any atom is 0.123 e. The van der Waals surface area contributed by atoms with Gasteiger partial charge in [-0.25, -0.2) is 0 Å². The molecule has 2 unspecified atom stereocenters. The predicted molar refractivity (Wildman–Crippen MR) is 112 cm³/mol. The number of rotatable bonds is 8. The van der Waals surface area contributed by atoms with Crippen molar-refractivity contribution in [1.29, 1.82) is 0 Å². The van der Waals surface area contributed by atoms with Crippen LogP contribution in [-0.4, -0.2) is 12.6 Å². The molecule has 1 aromatic rings. The first kappa shape index (κ1) is 18.7. The number of unbranched alkanes of at least 4 members (excludes halogenated alkanes) is 4. The molecule has 2 nitrogen and oxygen atoms in total. The molecular weight excluding hydrogens is 330 g/mol. The third-order valence-electron chi connectivity index (χ3n) is 6.75. The molecule has 1 saturated heterocycles. The fraction of sp³-hybridized carbons (Fsp3) is 0.600. The van der Waals surface area contributed by atoms with Gasteiger partial charge in [-0.15, -0.1) is 0 Å². The van der Waals surface area contributed by atoms with Gasteiger partial charge in [0.15, 0.2) is 0 Å². The molecule has 1 aliphatic heterocycles. The van der Waals surface area contributed by atoms with E-state index in [-0.39, 0.29) is 0 Å². The van der Waals surface area contributed by atoms with Crippen molar-refractivity contribution < 1.29 is 4.74 Å². The lowest BCUT2D eigenvalue weighted by molar-refractivity contribution is 0.0733. The van der Waals surface area contributed by atoms with Crippen molar-refractivity contribution in [1.82, 2.24) is 5.32 Å². The highest BCUT2D eigenvalue weighted by molar-refractivity contribution is 5.32. The fourth-order valence-electron chi connectivity index (χ4n) is 5.34. The van der Waals surface area contributed by atoms with Crippen LogP contribution in [0.1, 0.15) is 76.2 Å². The van der Waals surface area contributed by atoms with Crippen LogP contribution in [0.2, 0.25) is 0 Å². The first-order valence-corrected chi connectivity index (χ1v) is 11.2. The van der Waals surface area contributed by atoms with E-state index in [0.717, 1.165) is 13.0 Å². The number of hydrogen-bond acceptors (Lipinski definition) is 2. The summed E-state index contributed by atoms with van der Waals surface area (Å²) in [7, 11) is 0. The molecule has 146 valence electrons. The van der Waals surface area contributed by atoms with Crippen LogP contribution in [0, 0.1) is 11.8 Å². The zero-order valence-corrected chi connectivity index (χ0v) is 16.8. The summed E-state index contributed by atoms with van der Waals surface area (Å²) in [4.78, 5) is 0. The van der Waals surface area contributed by atoms with Crippen LogP contribution in [0.4, 0.5) is 0 Å². The molecule has 0 radical (unpaired) electrons. The monoisotopic (exact) mass is 365 g/mol. The summed E-state index contributed by atoms with van der Waals surface area (Å²) in [5.74, 6) is 3.10. The second-order valence-corrected chi connectivity index (χ2v) is 8.56. The van der Waals surface area contributed by atoms with E-state index in [2.05, 4.69) is 54.7 Å². The Morgan fingerprint density at radius 1 is 1.00 bits per heavy atom. The summed E-state index contributed by atoms with van der Waals surface area (Å²) in [5.41, 5.74) is 2.73. The van der Waals surface area contributed by atoms with Gasteiger partial charge in [-0.3, -0.25) is 0 Å². The van der Waals surface area contributed by atoms with Gasteiger partial charge in [0.25, 0.3) is 0 Å². The van der Waals surface area contributed by atoms with E-state index in [1.54, 1.807) is 0 Å². The van der Waals surface area contributed by atoms with Gasteiger partial charge >= 0.3 is 0 Å². The Hall–Kier alpha value is -1.70. The van der Waals surface area contributed by atoms with Crippen LogP contribution in [0.5, 0.6) is 0 Å². The Morgan fingerprint density at radius 2 is 1.85 bits per heavy atom. The number of ether oxygens (including phenoxy) is 1. The molecule has 27 heavy (non-hydrogen) atoms. The van der Waals surface area contributed by atoms with Crippen LogP contribution in [-0.2, 0) is 4.74 Å². The second-order valence-electron chi connectivity index (χ2n) is 8.56. The third kappa shape index (κ3) is 4.10. The minimum atomic E-state index is 0.363. The van der Waals surface area contributed by atoms with Gasteiger partial charge in [0.05, 0.1) is 5.70 Å². The van der Waals surface area contributed by atoms with Crippen molar-refractivity contribution in [3.63, 3.8) is 0 Å². The van der Waals surface area contributed by atoms with Gasteiger partial charge in [-0.05, 0) is 37.3 Å². The molecule has 2 fully saturated rings. The van der Waals surface area contributed by atoms with Crippen LogP contribution >= 0.6 is 0 Å². The lowest BCUT2D eigenvalue weighted by Gasteiger charge is -2.33. The van der Waals surface area contributed by atoms with E-state index in [1.165, 1.54) is 68.4 Å². The molecule has 2 aliphatic carbocycles. The van der Waals surface area contributed by atoms with Gasteiger partial charge < -0.3 is 10.1 Å². The maximum absolute atomic E-state index is 6.71. The molecule has 1 aromatic carbocycles. The third-order valence-corrected chi connectivity index (χ3v) is 6.75. The van der Waals surface area contributed by atoms with Crippen LogP contribution in [0.25, 0.3) is 0 Å². The molecule has 0 bridgehead atoms. The van der Waals surface area contributed by atoms with Crippen molar-refractivity contribution in [2.45, 2.75) is 76.7 Å². The molecule has 4 rings (SSSR count). The summed E-state index contributed by atoms with van der Waals surface area (Å²) in [6, 6.07) is 11.1. The van der Waals surface area contributed by atoms with Gasteiger partial charge in [-0.2, -0.15) is 0 Å². The van der Waals surface area contributed by atoms with Crippen molar-refractivity contribution in [2.75, 3.05) is 6.54 Å². The molecule has 1 N–H and O–H groups in total. The average Bonchev–Trinajstić information content (AvgIpc) is 3.11. The van der Waals surface area contributed by atoms with E-state index in [0.29, 0.717) is 23.9 Å². The topological polar surface area (TPSA) is 21.3 Å². The average molecular weight is 366 g/mol. The normalized spacial score (nSPS) is 29.2. The van der Waals surface area contributed by atoms with Crippen molar-refractivity contribution in [2.24, 2.45) is 11.8 Å². The molecule has 0 amide bonds. The summed E-state index contributed by atoms with van der Waals surface area (Å²) in [6.45, 7) is 3.34. The lowest BCUT2D eigenvalue weighted by Crippen LogP contribution is -2.31. The quantitative estimate of drug-likeness (QED) is 0.545. The smallest absolute Gasteiger partial charge is 0.123 e.